The van der Waals surface area contributed by atoms with Crippen LogP contribution in [0.3, 0.4) is 0 Å². The highest BCUT2D eigenvalue weighted by atomic mass is 16.7. The molecular weight excluding hydrogens is 873 g/mol. The van der Waals surface area contributed by atoms with Crippen LogP contribution in [-0.2, 0) is 28.5 Å². The number of carboxylic acids is 1. The van der Waals surface area contributed by atoms with Crippen molar-refractivity contribution in [2.24, 2.45) is 55.7 Å². The summed E-state index contributed by atoms with van der Waals surface area (Å²) >= 11 is 0. The number of hydrogen-bond acceptors (Lipinski definition) is 10. The van der Waals surface area contributed by atoms with Crippen molar-refractivity contribution in [2.75, 3.05) is 6.61 Å². The molecule has 2 N–H and O–H groups in total. The zero-order chi connectivity index (χ0) is 48.9. The third-order valence-electron chi connectivity index (χ3n) is 20.2. The smallest absolute Gasteiger partial charge is 0.338 e. The molecule has 10 rings (SSSR count). The molecule has 6 fully saturated rings. The lowest BCUT2D eigenvalue weighted by molar-refractivity contribution is -0.343. The summed E-state index contributed by atoms with van der Waals surface area (Å²) in [5, 5.41) is 23.0. The molecule has 0 amide bonds. The van der Waals surface area contributed by atoms with Gasteiger partial charge in [-0.05, 0) is 145 Å². The van der Waals surface area contributed by atoms with E-state index >= 15 is 0 Å². The molecular formula is C58H70O11. The molecule has 15 atom stereocenters. The Kier molecular flexibility index (Phi) is 11.7. The van der Waals surface area contributed by atoms with Gasteiger partial charge in [-0.25, -0.2) is 14.4 Å². The van der Waals surface area contributed by atoms with Crippen LogP contribution in [0.15, 0.2) is 103 Å². The number of benzene rings is 3. The van der Waals surface area contributed by atoms with Gasteiger partial charge in [-0.3, -0.25) is 4.79 Å². The topological polar surface area (TPSA) is 155 Å². The molecule has 11 nitrogen and oxygen atoms in total. The average molecular weight is 943 g/mol. The van der Waals surface area contributed by atoms with Crippen LogP contribution in [0.25, 0.3) is 0 Å². The standard InChI is InChI=1S/C58H70O11/c1-52(2)27-29-58(51(63)64)30-28-55(5)38(39(58)31-52)23-24-41-54(4)34-53(3)32-43(57(53,7)42(54)25-26-56(41,55)6)67-50-46(69-49(62)37-21-15-10-16-22-37)45(68-48(61)36-19-13-9-14-20-36)44(59)40(66-50)33-65-47(60)35-17-11-8-12-18-35/h8-23,39-46,50,59H,24-34H2,1-7H3,(H,63,64)/t39?,40?,41?,42?,43-,44+,45?,46?,50-,53?,54?,55?,56?,57?,58-/m0/s1. The number of esters is 3. The molecule has 6 aliphatic carbocycles. The second-order valence-corrected chi connectivity index (χ2v) is 24.0. The summed E-state index contributed by atoms with van der Waals surface area (Å²) in [5.74, 6) is -2.03. The summed E-state index contributed by atoms with van der Waals surface area (Å²) in [6.45, 7) is 16.5. The maximum Gasteiger partial charge on any atom is 0.338 e. The normalized spacial score (nSPS) is 41.5. The van der Waals surface area contributed by atoms with Gasteiger partial charge in [0.1, 0.15) is 18.8 Å². The van der Waals surface area contributed by atoms with Crippen LogP contribution in [0.2, 0.25) is 0 Å². The molecule has 11 unspecified atom stereocenters. The molecule has 69 heavy (non-hydrogen) atoms. The van der Waals surface area contributed by atoms with Gasteiger partial charge in [-0.1, -0.05) is 115 Å². The number of aliphatic hydroxyl groups is 1. The first-order valence-electron chi connectivity index (χ1n) is 25.4. The van der Waals surface area contributed by atoms with E-state index in [1.54, 1.807) is 91.0 Å². The number of carboxylic acid groups (broad SMARTS) is 1. The zero-order valence-electron chi connectivity index (χ0n) is 41.3. The number of allylic oxidation sites excluding steroid dienone is 2. The fourth-order valence-electron chi connectivity index (χ4n) is 16.2. The summed E-state index contributed by atoms with van der Waals surface area (Å²) in [4.78, 5) is 54.4. The predicted molar refractivity (Wildman–Crippen MR) is 257 cm³/mol. The van der Waals surface area contributed by atoms with Crippen molar-refractivity contribution in [1.29, 1.82) is 0 Å². The molecule has 0 aromatic heterocycles. The lowest BCUT2D eigenvalue weighted by atomic mass is 9.35. The van der Waals surface area contributed by atoms with Gasteiger partial charge in [0.15, 0.2) is 18.5 Å². The first-order valence-corrected chi connectivity index (χ1v) is 25.4. The number of rotatable bonds is 10. The van der Waals surface area contributed by atoms with E-state index in [2.05, 4.69) is 54.5 Å². The van der Waals surface area contributed by atoms with Crippen LogP contribution in [0.5, 0.6) is 0 Å². The van der Waals surface area contributed by atoms with E-state index in [1.807, 2.05) is 0 Å². The number of carbonyl (C=O) groups excluding carboxylic acids is 3. The minimum atomic E-state index is -1.59. The second-order valence-electron chi connectivity index (χ2n) is 24.0. The first kappa shape index (κ1) is 47.8. The van der Waals surface area contributed by atoms with Gasteiger partial charge >= 0.3 is 23.9 Å². The van der Waals surface area contributed by atoms with Crippen molar-refractivity contribution in [3.8, 4) is 0 Å². The highest BCUT2D eigenvalue weighted by Gasteiger charge is 2.78. The van der Waals surface area contributed by atoms with E-state index in [0.717, 1.165) is 51.4 Å². The van der Waals surface area contributed by atoms with Crippen LogP contribution in [0.4, 0.5) is 0 Å². The van der Waals surface area contributed by atoms with Crippen molar-refractivity contribution in [2.45, 2.75) is 149 Å². The highest BCUT2D eigenvalue weighted by Crippen LogP contribution is 2.83. The Morgan fingerprint density at radius 2 is 1.25 bits per heavy atom. The molecule has 5 saturated carbocycles. The Balaban J connectivity index is 0.971. The monoisotopic (exact) mass is 942 g/mol. The van der Waals surface area contributed by atoms with Crippen LogP contribution in [-0.4, -0.2) is 77.5 Å². The third-order valence-corrected chi connectivity index (χ3v) is 20.2. The van der Waals surface area contributed by atoms with E-state index < -0.39 is 66.6 Å². The number of hydrogen-bond donors (Lipinski definition) is 2. The summed E-state index contributed by atoms with van der Waals surface area (Å²) in [7, 11) is 0. The van der Waals surface area contributed by atoms with Gasteiger partial charge in [-0.2, -0.15) is 0 Å². The maximum atomic E-state index is 14.0. The van der Waals surface area contributed by atoms with Gasteiger partial charge in [0, 0.05) is 5.41 Å². The average Bonchev–Trinajstić information content (AvgIpc) is 3.46. The minimum absolute atomic E-state index is 0.0350. The number of aliphatic carboxylic acids is 1. The van der Waals surface area contributed by atoms with E-state index in [4.69, 9.17) is 23.7 Å². The fraction of sp³-hybridized carbons (Fsp3) is 0.586. The van der Waals surface area contributed by atoms with Gasteiger partial charge < -0.3 is 33.9 Å². The van der Waals surface area contributed by atoms with E-state index in [-0.39, 0.29) is 61.6 Å². The quantitative estimate of drug-likeness (QED) is 0.113. The molecule has 1 heterocycles. The van der Waals surface area contributed by atoms with Crippen molar-refractivity contribution < 1.29 is 53.1 Å². The van der Waals surface area contributed by atoms with Gasteiger partial charge in [-0.15, -0.1) is 0 Å². The summed E-state index contributed by atoms with van der Waals surface area (Å²) < 4.78 is 32.0. The Bertz CT molecular complexity index is 2510. The molecule has 11 heteroatoms. The number of ether oxygens (including phenoxy) is 5. The minimum Gasteiger partial charge on any atom is -0.481 e. The molecule has 0 spiro atoms. The van der Waals surface area contributed by atoms with Crippen LogP contribution >= 0.6 is 0 Å². The molecule has 1 saturated heterocycles. The van der Waals surface area contributed by atoms with Crippen molar-refractivity contribution in [1.82, 2.24) is 0 Å². The molecule has 368 valence electrons. The first-order chi connectivity index (χ1) is 32.7. The van der Waals surface area contributed by atoms with Gasteiger partial charge in [0.2, 0.25) is 0 Å². The third kappa shape index (κ3) is 7.36. The maximum absolute atomic E-state index is 14.0. The summed E-state index contributed by atoms with van der Waals surface area (Å²) in [5.41, 5.74) is 0.916. The number of aliphatic hydroxyl groups excluding tert-OH is 1. The summed E-state index contributed by atoms with van der Waals surface area (Å²) in [6.07, 6.45) is 3.91. The lowest BCUT2D eigenvalue weighted by Crippen LogP contribution is -2.66. The Hall–Kier alpha value is -4.84. The zero-order valence-corrected chi connectivity index (χ0v) is 41.3. The molecule has 3 aromatic carbocycles. The molecule has 3 aromatic rings. The molecule has 1 aliphatic heterocycles. The number of carbonyl (C=O) groups is 4. The lowest BCUT2D eigenvalue weighted by Gasteiger charge is -2.69. The van der Waals surface area contributed by atoms with Gasteiger partial charge in [0.05, 0.1) is 28.2 Å². The van der Waals surface area contributed by atoms with Crippen molar-refractivity contribution >= 4 is 23.9 Å². The van der Waals surface area contributed by atoms with Crippen LogP contribution in [0, 0.1) is 55.7 Å². The fourth-order valence-corrected chi connectivity index (χ4v) is 16.2. The Morgan fingerprint density at radius 1 is 0.681 bits per heavy atom. The van der Waals surface area contributed by atoms with E-state index in [9.17, 15) is 29.4 Å². The molecule has 0 bridgehead atoms. The SMILES string of the molecule is CC1(C)CC[C@]2(C(=O)O)CCC3(C)C(=CCC4C5(C)CC6(C)C[C@H](O[C@@H]7OC(COC(=O)c8ccccc8)[C@@H](O)C(OC(=O)c8ccccc8)C7OC(=O)c7ccccc7)C6(C)C5CCC43C)C2C1. The Labute approximate surface area is 406 Å². The van der Waals surface area contributed by atoms with E-state index in [0.29, 0.717) is 24.3 Å². The van der Waals surface area contributed by atoms with E-state index in [1.165, 1.54) is 5.57 Å². The van der Waals surface area contributed by atoms with Crippen molar-refractivity contribution in [3.63, 3.8) is 0 Å². The van der Waals surface area contributed by atoms with Gasteiger partial charge in [0.25, 0.3) is 0 Å². The summed E-state index contributed by atoms with van der Waals surface area (Å²) in [6, 6.07) is 25.4. The number of fused-ring (bicyclic) bond motifs is 9. The van der Waals surface area contributed by atoms with Crippen LogP contribution in [0.1, 0.15) is 144 Å². The predicted octanol–water partition coefficient (Wildman–Crippen LogP) is 10.7. The second kappa shape index (κ2) is 16.9. The Morgan fingerprint density at radius 3 is 1.84 bits per heavy atom. The largest absolute Gasteiger partial charge is 0.481 e. The highest BCUT2D eigenvalue weighted by molar-refractivity contribution is 5.91. The molecule has 0 radical (unpaired) electrons. The van der Waals surface area contributed by atoms with Crippen LogP contribution < -0.4 is 0 Å². The molecule has 7 aliphatic rings. The van der Waals surface area contributed by atoms with Crippen molar-refractivity contribution in [3.05, 3.63) is 119 Å².